The SMILES string of the molecule is COC(=O)c1ccc(S(=O)(Cl)=NC(=O)Nc2ccc(Cl)cc2)cc1. The molecule has 6 nitrogen and oxygen atoms in total. The molecule has 0 saturated carbocycles. The van der Waals surface area contributed by atoms with Gasteiger partial charge in [-0.2, -0.15) is 0 Å². The Morgan fingerprint density at radius 3 is 2.21 bits per heavy atom. The van der Waals surface area contributed by atoms with Crippen molar-refractivity contribution in [1.82, 2.24) is 0 Å². The summed E-state index contributed by atoms with van der Waals surface area (Å²) in [5.74, 6) is -0.542. The number of hydrogen-bond donors (Lipinski definition) is 1. The first-order chi connectivity index (χ1) is 11.3. The molecular formula is C15H12Cl2N2O4S. The first-order valence-corrected chi connectivity index (χ1v) is 9.25. The smallest absolute Gasteiger partial charge is 0.354 e. The monoisotopic (exact) mass is 386 g/mol. The van der Waals surface area contributed by atoms with E-state index in [9.17, 15) is 13.8 Å². The molecule has 2 rings (SSSR count). The molecule has 1 N–H and O–H groups in total. The predicted octanol–water partition coefficient (Wildman–Crippen LogP) is 4.34. The van der Waals surface area contributed by atoms with Crippen molar-refractivity contribution in [2.24, 2.45) is 4.36 Å². The Morgan fingerprint density at radius 2 is 1.67 bits per heavy atom. The number of carbonyl (C=O) groups excluding carboxylic acids is 2. The van der Waals surface area contributed by atoms with E-state index in [1.54, 1.807) is 24.3 Å². The van der Waals surface area contributed by atoms with Gasteiger partial charge < -0.3 is 10.1 Å². The molecule has 24 heavy (non-hydrogen) atoms. The summed E-state index contributed by atoms with van der Waals surface area (Å²) in [5.41, 5.74) is 0.694. The summed E-state index contributed by atoms with van der Waals surface area (Å²) in [6.45, 7) is 0. The first kappa shape index (κ1) is 18.3. The highest BCUT2D eigenvalue weighted by molar-refractivity contribution is 8.15. The summed E-state index contributed by atoms with van der Waals surface area (Å²) in [4.78, 5) is 23.3. The number of rotatable bonds is 3. The van der Waals surface area contributed by atoms with Gasteiger partial charge in [-0.25, -0.2) is 13.8 Å². The second kappa shape index (κ2) is 7.65. The van der Waals surface area contributed by atoms with Crippen LogP contribution in [0, 0.1) is 0 Å². The normalized spacial score (nSPS) is 12.8. The Morgan fingerprint density at radius 1 is 1.08 bits per heavy atom. The molecule has 0 heterocycles. The zero-order valence-corrected chi connectivity index (χ0v) is 14.7. The van der Waals surface area contributed by atoms with Crippen molar-refractivity contribution in [3.8, 4) is 0 Å². The lowest BCUT2D eigenvalue weighted by molar-refractivity contribution is 0.0600. The molecule has 126 valence electrons. The maximum absolute atomic E-state index is 12.4. The summed E-state index contributed by atoms with van der Waals surface area (Å²) < 4.78 is 20.4. The van der Waals surface area contributed by atoms with Gasteiger partial charge in [-0.1, -0.05) is 11.6 Å². The molecular weight excluding hydrogens is 375 g/mol. The van der Waals surface area contributed by atoms with Crippen LogP contribution in [0.4, 0.5) is 10.5 Å². The topological polar surface area (TPSA) is 84.8 Å². The first-order valence-electron chi connectivity index (χ1n) is 6.53. The highest BCUT2D eigenvalue weighted by atomic mass is 35.7. The second-order valence-electron chi connectivity index (χ2n) is 4.50. The number of halogens is 2. The lowest BCUT2D eigenvalue weighted by Gasteiger charge is -2.05. The summed E-state index contributed by atoms with van der Waals surface area (Å²) in [6, 6.07) is 10.9. The molecule has 0 aliphatic carbocycles. The van der Waals surface area contributed by atoms with Gasteiger partial charge in [0.2, 0.25) is 0 Å². The lowest BCUT2D eigenvalue weighted by atomic mass is 10.2. The van der Waals surface area contributed by atoms with Gasteiger partial charge in [0.15, 0.2) is 8.94 Å². The van der Waals surface area contributed by atoms with E-state index in [1.165, 1.54) is 31.4 Å². The number of nitrogens with zero attached hydrogens (tertiary/aromatic N) is 1. The van der Waals surface area contributed by atoms with Crippen LogP contribution in [0.5, 0.6) is 0 Å². The molecule has 1 unspecified atom stereocenters. The number of nitrogens with one attached hydrogen (secondary N) is 1. The molecule has 2 amide bonds. The van der Waals surface area contributed by atoms with Gasteiger partial charge >= 0.3 is 12.0 Å². The third-order valence-corrected chi connectivity index (χ3v) is 5.11. The zero-order chi connectivity index (χ0) is 17.7. The van der Waals surface area contributed by atoms with Crippen molar-refractivity contribution in [3.05, 3.63) is 59.1 Å². The van der Waals surface area contributed by atoms with E-state index in [4.69, 9.17) is 22.3 Å². The molecule has 0 saturated heterocycles. The molecule has 2 aromatic rings. The quantitative estimate of drug-likeness (QED) is 0.627. The van der Waals surface area contributed by atoms with Crippen molar-refractivity contribution in [3.63, 3.8) is 0 Å². The number of carbonyl (C=O) groups is 2. The molecule has 0 aliphatic heterocycles. The number of amides is 2. The van der Waals surface area contributed by atoms with Crippen molar-refractivity contribution in [2.45, 2.75) is 4.90 Å². The number of ether oxygens (including phenoxy) is 1. The molecule has 0 spiro atoms. The van der Waals surface area contributed by atoms with Gasteiger partial charge in [0.1, 0.15) is 0 Å². The molecule has 0 bridgehead atoms. The Kier molecular flexibility index (Phi) is 5.82. The van der Waals surface area contributed by atoms with Crippen LogP contribution in [0.25, 0.3) is 0 Å². The van der Waals surface area contributed by atoms with E-state index in [2.05, 4.69) is 14.4 Å². The maximum atomic E-state index is 12.4. The van der Waals surface area contributed by atoms with Crippen LogP contribution in [-0.2, 0) is 13.7 Å². The molecule has 2 aromatic carbocycles. The van der Waals surface area contributed by atoms with Crippen LogP contribution in [0.2, 0.25) is 5.02 Å². The predicted molar refractivity (Wildman–Crippen MR) is 92.9 cm³/mol. The Hall–Kier alpha value is -2.09. The Balaban J connectivity index is 2.20. The number of methoxy groups -OCH3 is 1. The third kappa shape index (κ3) is 4.70. The Labute approximate surface area is 148 Å². The van der Waals surface area contributed by atoms with Crippen LogP contribution >= 0.6 is 22.3 Å². The number of anilines is 1. The highest BCUT2D eigenvalue weighted by Gasteiger charge is 2.14. The average molecular weight is 387 g/mol. The molecule has 0 fully saturated rings. The van der Waals surface area contributed by atoms with E-state index in [1.807, 2.05) is 0 Å². The van der Waals surface area contributed by atoms with E-state index in [0.717, 1.165) is 0 Å². The average Bonchev–Trinajstić information content (AvgIpc) is 2.56. The minimum atomic E-state index is -3.48. The lowest BCUT2D eigenvalue weighted by Crippen LogP contribution is -2.08. The molecule has 1 atom stereocenters. The summed E-state index contributed by atoms with van der Waals surface area (Å²) in [5, 5.41) is 2.94. The summed E-state index contributed by atoms with van der Waals surface area (Å²) in [7, 11) is 3.64. The standard InChI is InChI=1S/C15H12Cl2N2O4S/c1-23-14(20)10-2-8-13(9-3-10)24(17,22)19-15(21)18-12-6-4-11(16)5-7-12/h2-9H,1H3,(H,18,21). The maximum Gasteiger partial charge on any atom is 0.354 e. The van der Waals surface area contributed by atoms with Crippen LogP contribution < -0.4 is 5.32 Å². The van der Waals surface area contributed by atoms with Gasteiger partial charge in [-0.05, 0) is 48.5 Å². The highest BCUT2D eigenvalue weighted by Crippen LogP contribution is 2.20. The van der Waals surface area contributed by atoms with Crippen LogP contribution in [0.15, 0.2) is 57.8 Å². The van der Waals surface area contributed by atoms with Gasteiger partial charge in [0.25, 0.3) is 0 Å². The van der Waals surface area contributed by atoms with Gasteiger partial charge in [0.05, 0.1) is 17.6 Å². The molecule has 0 aromatic heterocycles. The van der Waals surface area contributed by atoms with E-state index < -0.39 is 20.9 Å². The van der Waals surface area contributed by atoms with Crippen LogP contribution in [0.3, 0.4) is 0 Å². The number of urea groups is 1. The summed E-state index contributed by atoms with van der Waals surface area (Å²) >= 11 is 5.74. The van der Waals surface area contributed by atoms with Gasteiger partial charge in [-0.3, -0.25) is 0 Å². The number of benzene rings is 2. The minimum Gasteiger partial charge on any atom is -0.465 e. The zero-order valence-electron chi connectivity index (χ0n) is 12.4. The van der Waals surface area contributed by atoms with E-state index >= 15 is 0 Å². The van der Waals surface area contributed by atoms with Gasteiger partial charge in [-0.15, -0.1) is 4.36 Å². The number of hydrogen-bond acceptors (Lipinski definition) is 4. The fourth-order valence-corrected chi connectivity index (χ4v) is 3.17. The minimum absolute atomic E-state index is 0.100. The molecule has 9 heteroatoms. The molecule has 0 aliphatic rings. The fourth-order valence-electron chi connectivity index (χ4n) is 1.72. The largest absolute Gasteiger partial charge is 0.465 e. The second-order valence-corrected chi connectivity index (χ2v) is 7.76. The third-order valence-electron chi connectivity index (χ3n) is 2.86. The number of esters is 1. The van der Waals surface area contributed by atoms with Crippen LogP contribution in [-0.4, -0.2) is 23.3 Å². The van der Waals surface area contributed by atoms with Crippen molar-refractivity contribution < 1.29 is 18.5 Å². The van der Waals surface area contributed by atoms with Gasteiger partial charge in [0, 0.05) is 21.4 Å². The van der Waals surface area contributed by atoms with E-state index in [0.29, 0.717) is 10.7 Å². The van der Waals surface area contributed by atoms with Crippen molar-refractivity contribution >= 4 is 48.9 Å². The van der Waals surface area contributed by atoms with Crippen LogP contribution in [0.1, 0.15) is 10.4 Å². The van der Waals surface area contributed by atoms with E-state index in [-0.39, 0.29) is 10.5 Å². The van der Waals surface area contributed by atoms with Crippen molar-refractivity contribution in [2.75, 3.05) is 12.4 Å². The summed E-state index contributed by atoms with van der Waals surface area (Å²) in [6.07, 6.45) is 0. The fraction of sp³-hybridized carbons (Fsp3) is 0.0667. The molecule has 0 radical (unpaired) electrons. The Bertz CT molecular complexity index is 873. The van der Waals surface area contributed by atoms with Crippen molar-refractivity contribution in [1.29, 1.82) is 0 Å².